The summed E-state index contributed by atoms with van der Waals surface area (Å²) in [6, 6.07) is 5.71. The van der Waals surface area contributed by atoms with Crippen LogP contribution in [0.25, 0.3) is 10.9 Å². The van der Waals surface area contributed by atoms with Crippen LogP contribution >= 0.6 is 0 Å². The molecule has 4 N–H and O–H groups in total. The van der Waals surface area contributed by atoms with Crippen LogP contribution < -0.4 is 25.6 Å². The smallest absolute Gasteiger partial charge is 0.272 e. The minimum atomic E-state index is -3.07. The Morgan fingerprint density at radius 3 is 2.29 bits per heavy atom. The van der Waals surface area contributed by atoms with Crippen LogP contribution in [-0.4, -0.2) is 95.8 Å². The van der Waals surface area contributed by atoms with Crippen LogP contribution in [0, 0.1) is 18.6 Å². The number of allylic oxidation sites excluding steroid dienone is 4. The quantitative estimate of drug-likeness (QED) is 0.130. The van der Waals surface area contributed by atoms with Gasteiger partial charge in [-0.2, -0.15) is 0 Å². The largest absolute Gasteiger partial charge is 0.435 e. The number of pyridine rings is 1. The molecule has 1 aromatic carbocycles. The van der Waals surface area contributed by atoms with Crippen molar-refractivity contribution < 1.29 is 26.7 Å². The number of anilines is 3. The molecule has 3 aliphatic rings. The highest BCUT2D eigenvalue weighted by Gasteiger charge is 2.25. The number of nitrogens with zero attached hydrogens (tertiary/aromatic N) is 6. The molecule has 7 rings (SSSR count). The summed E-state index contributed by atoms with van der Waals surface area (Å²) in [6.07, 6.45) is 4.90. The maximum Gasteiger partial charge on any atom is 0.272 e. The highest BCUT2D eigenvalue weighted by Crippen LogP contribution is 2.38. The van der Waals surface area contributed by atoms with E-state index in [0.717, 1.165) is 89.1 Å². The number of nitrogens with one attached hydrogen (secondary N) is 4. The van der Waals surface area contributed by atoms with Gasteiger partial charge in [-0.15, -0.1) is 0 Å². The third kappa shape index (κ3) is 11.6. The molecule has 3 aromatic heterocycles. The van der Waals surface area contributed by atoms with Gasteiger partial charge in [-0.05, 0) is 52.4 Å². The molecular weight excluding hydrogens is 731 g/mol. The zero-order valence-electron chi connectivity index (χ0n) is 33.0. The van der Waals surface area contributed by atoms with Crippen molar-refractivity contribution >= 4 is 28.2 Å². The van der Waals surface area contributed by atoms with Gasteiger partial charge in [-0.25, -0.2) is 32.5 Å². The molecule has 11 nitrogen and oxygen atoms in total. The standard InChI is InChI=1S/C25H25F4N7O.C8H16N2.C6H9N.CH3F/c1-3-35-6-8-36(9-7-35)15-4-5-19(30-12-15)34-24-20(23(28)29)25(32-13-31-24)37-18-11-17(26)22-16(21(18)27)10-14(2)33-22;1-3-8(2)10-6-4-9-5-7-10;1-5-3-4-6(2)7-5;1-2/h4-5,10-13,23,33H,3,6-9H2,1-2H3,(H,30,31,32,34);3,9H,4-7H2,1-2H3;4,7H,1,3H2,2H3;1H3/b;8-3+;;. The van der Waals surface area contributed by atoms with Crippen molar-refractivity contribution in [3.8, 4) is 11.6 Å². The summed E-state index contributed by atoms with van der Waals surface area (Å²) < 4.78 is 72.5. The van der Waals surface area contributed by atoms with Gasteiger partial charge in [0.05, 0.1) is 24.6 Å². The van der Waals surface area contributed by atoms with E-state index in [0.29, 0.717) is 12.9 Å². The molecule has 0 amide bonds. The highest BCUT2D eigenvalue weighted by molar-refractivity contribution is 5.83. The first-order valence-corrected chi connectivity index (χ1v) is 18.5. The summed E-state index contributed by atoms with van der Waals surface area (Å²) >= 11 is 0. The highest BCUT2D eigenvalue weighted by atomic mass is 19.3. The van der Waals surface area contributed by atoms with Crippen LogP contribution in [-0.2, 0) is 0 Å². The Labute approximate surface area is 325 Å². The summed E-state index contributed by atoms with van der Waals surface area (Å²) in [4.78, 5) is 21.7. The van der Waals surface area contributed by atoms with Crippen molar-refractivity contribution in [2.45, 2.75) is 47.5 Å². The average molecular weight is 785 g/mol. The molecule has 3 aliphatic heterocycles. The predicted molar refractivity (Wildman–Crippen MR) is 213 cm³/mol. The monoisotopic (exact) mass is 784 g/mol. The molecule has 0 spiro atoms. The Hall–Kier alpha value is -5.22. The lowest BCUT2D eigenvalue weighted by Gasteiger charge is -2.35. The van der Waals surface area contributed by atoms with Crippen LogP contribution in [0.5, 0.6) is 11.6 Å². The summed E-state index contributed by atoms with van der Waals surface area (Å²) in [6.45, 7) is 23.1. The first-order valence-electron chi connectivity index (χ1n) is 18.5. The maximum atomic E-state index is 15.0. The van der Waals surface area contributed by atoms with Crippen LogP contribution in [0.1, 0.15) is 51.8 Å². The van der Waals surface area contributed by atoms with Gasteiger partial charge in [0.25, 0.3) is 6.43 Å². The predicted octanol–water partition coefficient (Wildman–Crippen LogP) is 8.35. The summed E-state index contributed by atoms with van der Waals surface area (Å²) in [5.41, 5.74) is 4.46. The Morgan fingerprint density at radius 1 is 1.02 bits per heavy atom. The van der Waals surface area contributed by atoms with E-state index in [1.165, 1.54) is 17.5 Å². The molecule has 6 heterocycles. The molecule has 2 fully saturated rings. The van der Waals surface area contributed by atoms with Gasteiger partial charge < -0.3 is 40.4 Å². The van der Waals surface area contributed by atoms with E-state index >= 15 is 0 Å². The zero-order valence-corrected chi connectivity index (χ0v) is 33.0. The topological polar surface area (TPSA) is 110 Å². The Kier molecular flexibility index (Phi) is 16.5. The van der Waals surface area contributed by atoms with Crippen molar-refractivity contribution in [3.05, 3.63) is 95.5 Å². The second-order valence-electron chi connectivity index (χ2n) is 13.2. The molecule has 0 aliphatic carbocycles. The number of hydrogen-bond acceptors (Lipinski definition) is 10. The average Bonchev–Trinajstić information content (AvgIpc) is 3.82. The van der Waals surface area contributed by atoms with Gasteiger partial charge in [0.2, 0.25) is 5.88 Å². The van der Waals surface area contributed by atoms with Crippen LogP contribution in [0.2, 0.25) is 0 Å². The fourth-order valence-corrected chi connectivity index (χ4v) is 6.22. The number of benzene rings is 1. The lowest BCUT2D eigenvalue weighted by Crippen LogP contribution is -2.46. The van der Waals surface area contributed by atoms with Crippen molar-refractivity contribution in [1.82, 2.24) is 40.4 Å². The van der Waals surface area contributed by atoms with Crippen LogP contribution in [0.3, 0.4) is 0 Å². The number of aromatic nitrogens is 4. The van der Waals surface area contributed by atoms with E-state index < -0.39 is 35.3 Å². The van der Waals surface area contributed by atoms with E-state index in [9.17, 15) is 22.0 Å². The minimum Gasteiger partial charge on any atom is -0.435 e. The van der Waals surface area contributed by atoms with Gasteiger partial charge in [-0.3, -0.25) is 4.39 Å². The van der Waals surface area contributed by atoms with Crippen LogP contribution in [0.4, 0.5) is 39.3 Å². The van der Waals surface area contributed by atoms with Crippen molar-refractivity contribution in [2.75, 3.05) is 76.3 Å². The molecule has 0 atom stereocenters. The lowest BCUT2D eigenvalue weighted by molar-refractivity contribution is 0.147. The fraction of sp³-hybridized carbons (Fsp3) is 0.425. The fourth-order valence-electron chi connectivity index (χ4n) is 6.22. The maximum absolute atomic E-state index is 15.0. The van der Waals surface area contributed by atoms with Crippen LogP contribution in [0.15, 0.2) is 72.6 Å². The Balaban J connectivity index is 0.000000299. The Bertz CT molecular complexity index is 1940. The molecule has 56 heavy (non-hydrogen) atoms. The van der Waals surface area contributed by atoms with E-state index in [1.54, 1.807) is 19.2 Å². The number of H-pyrrole nitrogens is 1. The molecule has 0 bridgehead atoms. The van der Waals surface area contributed by atoms with E-state index in [-0.39, 0.29) is 22.5 Å². The molecular formula is C40H53F5N10O. The number of ether oxygens (including phenoxy) is 1. The molecule has 4 aromatic rings. The van der Waals surface area contributed by atoms with Gasteiger partial charge in [-0.1, -0.05) is 25.7 Å². The van der Waals surface area contributed by atoms with Gasteiger partial charge in [0.15, 0.2) is 17.4 Å². The molecule has 2 saturated heterocycles. The number of halogens is 5. The number of fused-ring (bicyclic) bond motifs is 1. The van der Waals surface area contributed by atoms with Crippen molar-refractivity contribution in [3.63, 3.8) is 0 Å². The first kappa shape index (κ1) is 43.5. The minimum absolute atomic E-state index is 0.0387. The number of alkyl halides is 3. The third-order valence-electron chi connectivity index (χ3n) is 9.42. The summed E-state index contributed by atoms with van der Waals surface area (Å²) in [5, 5.41) is 9.12. The third-order valence-corrected chi connectivity index (χ3v) is 9.42. The number of likely N-dealkylation sites (N-methyl/N-ethyl adjacent to an activating group) is 1. The van der Waals surface area contributed by atoms with E-state index in [4.69, 9.17) is 4.74 Å². The number of hydrogen-bond donors (Lipinski definition) is 4. The number of aryl methyl sites for hydroxylation is 1. The SMILES string of the molecule is C/C=C(\C)N1CCNCC1.C=C1CC=C(C)N1.CCN1CCN(c2ccc(Nc3ncnc(Oc4cc(F)c5[nH]c(C)cc5c4F)c3C(F)F)nc2)CC1.CF. The van der Waals surface area contributed by atoms with Gasteiger partial charge in [0, 0.05) is 93.0 Å². The summed E-state index contributed by atoms with van der Waals surface area (Å²) in [7, 11) is 0.500. The lowest BCUT2D eigenvalue weighted by atomic mass is 10.2. The second-order valence-corrected chi connectivity index (χ2v) is 13.2. The Morgan fingerprint density at radius 2 is 1.73 bits per heavy atom. The second kappa shape index (κ2) is 21.2. The normalized spacial score (nSPS) is 15.9. The number of aromatic amines is 1. The van der Waals surface area contributed by atoms with Gasteiger partial charge >= 0.3 is 0 Å². The molecule has 16 heteroatoms. The van der Waals surface area contributed by atoms with Gasteiger partial charge in [0.1, 0.15) is 23.5 Å². The van der Waals surface area contributed by atoms with E-state index in [2.05, 4.69) is 90.1 Å². The van der Waals surface area contributed by atoms with Crippen molar-refractivity contribution in [2.24, 2.45) is 0 Å². The first-order chi connectivity index (χ1) is 27.0. The number of piperazine rings is 2. The molecule has 0 unspecified atom stereocenters. The number of rotatable bonds is 8. The zero-order chi connectivity index (χ0) is 40.8. The molecule has 0 saturated carbocycles. The van der Waals surface area contributed by atoms with Crippen molar-refractivity contribution in [1.29, 1.82) is 0 Å². The molecule has 304 valence electrons. The van der Waals surface area contributed by atoms with E-state index in [1.807, 2.05) is 13.0 Å². The summed E-state index contributed by atoms with van der Waals surface area (Å²) in [5.74, 6) is -2.82. The molecule has 0 radical (unpaired) electrons.